The van der Waals surface area contributed by atoms with Crippen molar-refractivity contribution in [3.05, 3.63) is 60.7 Å². The molecule has 120 valence electrons. The summed E-state index contributed by atoms with van der Waals surface area (Å²) in [6.45, 7) is 0. The summed E-state index contributed by atoms with van der Waals surface area (Å²) in [5.41, 5.74) is 0.684. The molecular weight excluding hydrogens is 346 g/mol. The van der Waals surface area contributed by atoms with E-state index < -0.39 is 9.84 Å². The minimum Gasteiger partial charge on any atom is -0.277 e. The third kappa shape index (κ3) is 2.05. The monoisotopic (exact) mass is 357 g/mol. The van der Waals surface area contributed by atoms with Gasteiger partial charge in [0, 0.05) is 0 Å². The van der Waals surface area contributed by atoms with Crippen LogP contribution in [0.2, 0.25) is 0 Å². The zero-order valence-electron chi connectivity index (χ0n) is 12.4. The number of fused-ring (bicyclic) bond motifs is 3. The van der Waals surface area contributed by atoms with Gasteiger partial charge in [0.25, 0.3) is 0 Å². The van der Waals surface area contributed by atoms with Crippen LogP contribution in [0.3, 0.4) is 0 Å². The van der Waals surface area contributed by atoms with Crippen molar-refractivity contribution in [2.75, 3.05) is 10.8 Å². The predicted molar refractivity (Wildman–Crippen MR) is 93.7 cm³/mol. The van der Waals surface area contributed by atoms with Crippen LogP contribution >= 0.6 is 11.6 Å². The first kappa shape index (κ1) is 15.2. The highest BCUT2D eigenvalue weighted by Crippen LogP contribution is 2.45. The average Bonchev–Trinajstić information content (AvgIpc) is 2.60. The Kier molecular flexibility index (Phi) is 3.37. The third-order valence-electron chi connectivity index (χ3n) is 4.12. The highest BCUT2D eigenvalue weighted by atomic mass is 35.5. The first-order valence-corrected chi connectivity index (χ1v) is 9.31. The largest absolute Gasteiger partial charge is 0.277 e. The van der Waals surface area contributed by atoms with Crippen LogP contribution in [0.25, 0.3) is 10.8 Å². The second-order valence-electron chi connectivity index (χ2n) is 5.50. The second-order valence-corrected chi connectivity index (χ2v) is 7.65. The molecular formula is C18H12ClNO3S. The molecule has 0 fully saturated rings. The van der Waals surface area contributed by atoms with Crippen LogP contribution < -0.4 is 4.90 Å². The van der Waals surface area contributed by atoms with Crippen LogP contribution in [-0.4, -0.2) is 20.2 Å². The Balaban J connectivity index is 2.14. The Morgan fingerprint density at radius 2 is 1.50 bits per heavy atom. The number of anilines is 2. The molecule has 1 amide bonds. The van der Waals surface area contributed by atoms with Gasteiger partial charge in [0.15, 0.2) is 0 Å². The maximum Gasteiger partial charge on any atom is 0.246 e. The Bertz CT molecular complexity index is 1090. The molecule has 0 aliphatic carbocycles. The van der Waals surface area contributed by atoms with Crippen LogP contribution in [0.1, 0.15) is 0 Å². The maximum absolute atomic E-state index is 13.0. The van der Waals surface area contributed by atoms with Gasteiger partial charge >= 0.3 is 0 Å². The highest BCUT2D eigenvalue weighted by Gasteiger charge is 2.36. The summed E-state index contributed by atoms with van der Waals surface area (Å²) in [6, 6.07) is 17.3. The van der Waals surface area contributed by atoms with E-state index in [2.05, 4.69) is 0 Å². The van der Waals surface area contributed by atoms with E-state index in [1.54, 1.807) is 30.3 Å². The lowest BCUT2D eigenvalue weighted by Crippen LogP contribution is -2.32. The predicted octanol–water partition coefficient (Wildman–Crippen LogP) is 3.89. The number of carbonyl (C=O) groups excluding carboxylic acids is 1. The quantitative estimate of drug-likeness (QED) is 0.621. The van der Waals surface area contributed by atoms with E-state index in [9.17, 15) is 13.2 Å². The number of alkyl halides is 1. The molecule has 0 atom stereocenters. The lowest BCUT2D eigenvalue weighted by Gasteiger charge is -2.31. The van der Waals surface area contributed by atoms with Gasteiger partial charge < -0.3 is 0 Å². The van der Waals surface area contributed by atoms with Gasteiger partial charge in [0.2, 0.25) is 15.7 Å². The fraction of sp³-hybridized carbons (Fsp3) is 0.0556. The molecule has 4 rings (SSSR count). The van der Waals surface area contributed by atoms with Gasteiger partial charge in [-0.05, 0) is 35.0 Å². The zero-order valence-corrected chi connectivity index (χ0v) is 14.0. The Morgan fingerprint density at radius 3 is 2.21 bits per heavy atom. The molecule has 0 bridgehead atoms. The van der Waals surface area contributed by atoms with Gasteiger partial charge in [-0.15, -0.1) is 11.6 Å². The lowest BCUT2D eigenvalue weighted by atomic mass is 10.1. The number of para-hydroxylation sites is 1. The van der Waals surface area contributed by atoms with Crippen molar-refractivity contribution >= 4 is 49.5 Å². The number of nitrogens with zero attached hydrogens (tertiary/aromatic N) is 1. The van der Waals surface area contributed by atoms with Crippen molar-refractivity contribution in [3.8, 4) is 0 Å². The molecule has 0 saturated carbocycles. The van der Waals surface area contributed by atoms with Crippen LogP contribution in [0.4, 0.5) is 11.4 Å². The molecule has 1 aliphatic heterocycles. The first-order valence-electron chi connectivity index (χ1n) is 7.30. The summed E-state index contributed by atoms with van der Waals surface area (Å²) in [7, 11) is -3.70. The molecule has 6 heteroatoms. The first-order chi connectivity index (χ1) is 11.5. The van der Waals surface area contributed by atoms with Crippen LogP contribution in [0.5, 0.6) is 0 Å². The van der Waals surface area contributed by atoms with Gasteiger partial charge in [-0.1, -0.05) is 36.4 Å². The zero-order chi connectivity index (χ0) is 16.9. The second kappa shape index (κ2) is 5.33. The van der Waals surface area contributed by atoms with Gasteiger partial charge in [-0.25, -0.2) is 8.42 Å². The molecule has 1 heterocycles. The average molecular weight is 358 g/mol. The molecule has 0 spiro atoms. The summed E-state index contributed by atoms with van der Waals surface area (Å²) in [5.74, 6) is -0.601. The van der Waals surface area contributed by atoms with Crippen molar-refractivity contribution in [2.24, 2.45) is 0 Å². The van der Waals surface area contributed by atoms with E-state index >= 15 is 0 Å². The minimum atomic E-state index is -3.70. The topological polar surface area (TPSA) is 54.5 Å². The molecule has 0 saturated heterocycles. The van der Waals surface area contributed by atoms with E-state index in [0.717, 1.165) is 10.8 Å². The van der Waals surface area contributed by atoms with E-state index in [1.807, 2.05) is 24.3 Å². The van der Waals surface area contributed by atoms with Crippen molar-refractivity contribution in [2.45, 2.75) is 9.79 Å². The smallest absolute Gasteiger partial charge is 0.246 e. The lowest BCUT2D eigenvalue weighted by molar-refractivity contribution is -0.115. The maximum atomic E-state index is 13.0. The molecule has 24 heavy (non-hydrogen) atoms. The molecule has 1 aliphatic rings. The minimum absolute atomic E-state index is 0.117. The normalized spacial score (nSPS) is 15.0. The molecule has 3 aromatic carbocycles. The summed E-state index contributed by atoms with van der Waals surface area (Å²) < 4.78 is 26.0. The van der Waals surface area contributed by atoms with Crippen LogP contribution in [0, 0.1) is 0 Å². The fourth-order valence-corrected chi connectivity index (χ4v) is 4.80. The van der Waals surface area contributed by atoms with Crippen molar-refractivity contribution in [1.82, 2.24) is 0 Å². The summed E-state index contributed by atoms with van der Waals surface area (Å²) >= 11 is 5.77. The number of rotatable bonds is 1. The number of carbonyl (C=O) groups is 1. The van der Waals surface area contributed by atoms with Crippen LogP contribution in [0.15, 0.2) is 70.5 Å². The number of sulfone groups is 1. The van der Waals surface area contributed by atoms with E-state index in [1.165, 1.54) is 11.0 Å². The number of halogens is 1. The number of hydrogen-bond donors (Lipinski definition) is 0. The van der Waals surface area contributed by atoms with E-state index in [-0.39, 0.29) is 21.6 Å². The summed E-state index contributed by atoms with van der Waals surface area (Å²) in [5, 5.41) is 1.66. The summed E-state index contributed by atoms with van der Waals surface area (Å²) in [4.78, 5) is 14.1. The van der Waals surface area contributed by atoms with Gasteiger partial charge in [-0.3, -0.25) is 9.69 Å². The Labute approximate surface area is 144 Å². The molecule has 3 aromatic rings. The highest BCUT2D eigenvalue weighted by molar-refractivity contribution is 7.92. The molecule has 0 aromatic heterocycles. The molecule has 4 nitrogen and oxygen atoms in total. The summed E-state index contributed by atoms with van der Waals surface area (Å²) in [6.07, 6.45) is 0. The molecule has 0 N–H and O–H groups in total. The number of benzene rings is 3. The van der Waals surface area contributed by atoms with Gasteiger partial charge in [-0.2, -0.15) is 0 Å². The van der Waals surface area contributed by atoms with Gasteiger partial charge in [0.1, 0.15) is 5.88 Å². The Morgan fingerprint density at radius 1 is 0.875 bits per heavy atom. The van der Waals surface area contributed by atoms with Crippen LogP contribution in [-0.2, 0) is 14.6 Å². The fourth-order valence-electron chi connectivity index (χ4n) is 3.04. The SMILES string of the molecule is O=C(CCl)N1c2ccccc2S(=O)(=O)c2cc3ccccc3cc21. The molecule has 0 radical (unpaired) electrons. The van der Waals surface area contributed by atoms with Crippen molar-refractivity contribution in [1.29, 1.82) is 0 Å². The standard InChI is InChI=1S/C18H12ClNO3S/c19-11-18(21)20-14-7-3-4-8-16(14)24(22,23)17-10-13-6-2-1-5-12(13)9-15(17)20/h1-10H,11H2. The van der Waals surface area contributed by atoms with Gasteiger partial charge in [0.05, 0.1) is 21.2 Å². The Hall–Kier alpha value is -2.37. The van der Waals surface area contributed by atoms with Crippen molar-refractivity contribution < 1.29 is 13.2 Å². The molecule has 0 unspecified atom stereocenters. The third-order valence-corrected chi connectivity index (χ3v) is 6.18. The van der Waals surface area contributed by atoms with E-state index in [0.29, 0.717) is 11.4 Å². The number of hydrogen-bond acceptors (Lipinski definition) is 3. The van der Waals surface area contributed by atoms with Crippen molar-refractivity contribution in [3.63, 3.8) is 0 Å². The van der Waals surface area contributed by atoms with E-state index in [4.69, 9.17) is 11.6 Å². The number of amides is 1.